The number of aryl methyl sites for hydroxylation is 1. The number of fused-ring (bicyclic) bond motifs is 1. The van der Waals surface area contributed by atoms with Crippen LogP contribution in [0.1, 0.15) is 17.1 Å². The first kappa shape index (κ1) is 17.6. The van der Waals surface area contributed by atoms with Crippen LogP contribution in [0.5, 0.6) is 5.75 Å². The van der Waals surface area contributed by atoms with E-state index in [9.17, 15) is 0 Å². The van der Waals surface area contributed by atoms with E-state index in [-0.39, 0.29) is 12.5 Å². The van der Waals surface area contributed by atoms with Crippen LogP contribution >= 0.6 is 0 Å². The summed E-state index contributed by atoms with van der Waals surface area (Å²) in [6, 6.07) is 7.34. The van der Waals surface area contributed by atoms with Crippen molar-refractivity contribution in [3.05, 3.63) is 53.8 Å². The van der Waals surface area contributed by atoms with Gasteiger partial charge in [-0.25, -0.2) is 4.98 Å². The van der Waals surface area contributed by atoms with Gasteiger partial charge in [-0.2, -0.15) is 10.1 Å². The Morgan fingerprint density at radius 1 is 1.29 bits per heavy atom. The number of hydrogen-bond acceptors (Lipinski definition) is 9. The minimum absolute atomic E-state index is 0.131. The van der Waals surface area contributed by atoms with Crippen LogP contribution in [0.2, 0.25) is 0 Å². The molecule has 142 valence electrons. The molecular formula is C18H18N8O2. The highest BCUT2D eigenvalue weighted by atomic mass is 16.5. The van der Waals surface area contributed by atoms with Crippen LogP contribution in [-0.2, 0) is 13.1 Å². The fraction of sp³-hybridized carbons (Fsp3) is 0.222. The van der Waals surface area contributed by atoms with Crippen LogP contribution in [0.25, 0.3) is 11.0 Å². The zero-order chi connectivity index (χ0) is 19.5. The summed E-state index contributed by atoms with van der Waals surface area (Å²) < 4.78 is 12.4. The molecule has 4 rings (SSSR count). The average molecular weight is 378 g/mol. The Labute approximate surface area is 160 Å². The number of rotatable bonds is 6. The zero-order valence-electron chi connectivity index (χ0n) is 15.4. The topological polar surface area (TPSA) is 130 Å². The van der Waals surface area contributed by atoms with Crippen LogP contribution < -0.4 is 10.5 Å². The van der Waals surface area contributed by atoms with Crippen molar-refractivity contribution < 1.29 is 9.26 Å². The summed E-state index contributed by atoms with van der Waals surface area (Å²) in [4.78, 5) is 12.9. The van der Waals surface area contributed by atoms with Crippen LogP contribution in [0, 0.1) is 6.92 Å². The van der Waals surface area contributed by atoms with Crippen LogP contribution in [0.15, 0.2) is 51.4 Å². The third kappa shape index (κ3) is 3.52. The molecule has 0 aliphatic carbocycles. The van der Waals surface area contributed by atoms with Gasteiger partial charge in [-0.15, -0.1) is 5.11 Å². The number of methoxy groups -OCH3 is 1. The highest BCUT2D eigenvalue weighted by Gasteiger charge is 2.13. The maximum atomic E-state index is 5.83. The van der Waals surface area contributed by atoms with Crippen LogP contribution in [-0.4, -0.2) is 31.8 Å². The molecule has 10 heteroatoms. The second-order valence-electron chi connectivity index (χ2n) is 6.06. The number of nitrogen functional groups attached to an aromatic ring is 1. The number of azo groups is 1. The number of nitrogens with two attached hydrogens (primary N) is 1. The standard InChI is InChI=1S/C18H18N8O2/c1-11-8-12(25-28-11)9-21-24-17-16-13(22-18(19)23-17)5-7-26(16)10-14-15(27-2)4-3-6-20-14/h3-8H,9-10H2,1-2H3,(H2,19,22,23). The predicted molar refractivity (Wildman–Crippen MR) is 101 cm³/mol. The molecule has 0 saturated carbocycles. The van der Waals surface area contributed by atoms with Gasteiger partial charge in [-0.05, 0) is 25.1 Å². The third-order valence-corrected chi connectivity index (χ3v) is 4.07. The molecule has 0 aliphatic rings. The van der Waals surface area contributed by atoms with Crippen molar-refractivity contribution in [2.24, 2.45) is 10.2 Å². The highest BCUT2D eigenvalue weighted by Crippen LogP contribution is 2.27. The quantitative estimate of drug-likeness (QED) is 0.510. The van der Waals surface area contributed by atoms with Gasteiger partial charge in [-0.1, -0.05) is 5.16 Å². The molecule has 0 fully saturated rings. The normalized spacial score (nSPS) is 11.5. The predicted octanol–water partition coefficient (Wildman–Crippen LogP) is 3.05. The number of anilines is 1. The van der Waals surface area contributed by atoms with Gasteiger partial charge in [0.2, 0.25) is 11.8 Å². The second-order valence-corrected chi connectivity index (χ2v) is 6.06. The summed E-state index contributed by atoms with van der Waals surface area (Å²) >= 11 is 0. The summed E-state index contributed by atoms with van der Waals surface area (Å²) in [6.07, 6.45) is 3.60. The molecule has 0 unspecified atom stereocenters. The maximum Gasteiger partial charge on any atom is 0.222 e. The third-order valence-electron chi connectivity index (χ3n) is 4.07. The van der Waals surface area contributed by atoms with Crippen LogP contribution in [0.3, 0.4) is 0 Å². The number of ether oxygens (including phenoxy) is 1. The lowest BCUT2D eigenvalue weighted by Crippen LogP contribution is -2.04. The molecule has 0 bridgehead atoms. The molecule has 0 radical (unpaired) electrons. The van der Waals surface area contributed by atoms with Gasteiger partial charge in [-0.3, -0.25) is 4.98 Å². The molecule has 0 atom stereocenters. The molecule has 2 N–H and O–H groups in total. The van der Waals surface area contributed by atoms with Crippen molar-refractivity contribution in [1.29, 1.82) is 0 Å². The molecule has 4 heterocycles. The Bertz CT molecular complexity index is 1150. The molecule has 0 saturated heterocycles. The number of aromatic nitrogens is 5. The first-order valence-electron chi connectivity index (χ1n) is 8.54. The number of pyridine rings is 1. The lowest BCUT2D eigenvalue weighted by Gasteiger charge is -2.09. The van der Waals surface area contributed by atoms with Crippen molar-refractivity contribution in [3.63, 3.8) is 0 Å². The van der Waals surface area contributed by atoms with Crippen molar-refractivity contribution in [2.45, 2.75) is 20.0 Å². The van der Waals surface area contributed by atoms with E-state index in [1.165, 1.54) is 0 Å². The molecule has 28 heavy (non-hydrogen) atoms. The van der Waals surface area contributed by atoms with Gasteiger partial charge < -0.3 is 19.6 Å². The summed E-state index contributed by atoms with van der Waals surface area (Å²) in [5.41, 5.74) is 8.68. The summed E-state index contributed by atoms with van der Waals surface area (Å²) in [6.45, 7) is 2.56. The Morgan fingerprint density at radius 3 is 2.96 bits per heavy atom. The largest absolute Gasteiger partial charge is 0.495 e. The van der Waals surface area contributed by atoms with E-state index in [0.29, 0.717) is 34.8 Å². The summed E-state index contributed by atoms with van der Waals surface area (Å²) in [5.74, 6) is 1.93. The van der Waals surface area contributed by atoms with Crippen molar-refractivity contribution in [1.82, 2.24) is 24.7 Å². The lowest BCUT2D eigenvalue weighted by molar-refractivity contribution is 0.390. The summed E-state index contributed by atoms with van der Waals surface area (Å²) in [7, 11) is 1.61. The second kappa shape index (κ2) is 7.43. The molecule has 4 aromatic rings. The van der Waals surface area contributed by atoms with Gasteiger partial charge in [0.25, 0.3) is 0 Å². The zero-order valence-corrected chi connectivity index (χ0v) is 15.4. The van der Waals surface area contributed by atoms with E-state index in [1.54, 1.807) is 19.4 Å². The first-order chi connectivity index (χ1) is 13.6. The maximum absolute atomic E-state index is 5.83. The van der Waals surface area contributed by atoms with Gasteiger partial charge >= 0.3 is 0 Å². The van der Waals surface area contributed by atoms with Crippen molar-refractivity contribution in [2.75, 3.05) is 12.8 Å². The lowest BCUT2D eigenvalue weighted by atomic mass is 10.3. The van der Waals surface area contributed by atoms with Gasteiger partial charge in [0.15, 0.2) is 0 Å². The minimum Gasteiger partial charge on any atom is -0.495 e. The fourth-order valence-corrected chi connectivity index (χ4v) is 2.86. The monoisotopic (exact) mass is 378 g/mol. The number of nitrogens with zero attached hydrogens (tertiary/aromatic N) is 7. The molecule has 0 aliphatic heterocycles. The Hall–Kier alpha value is -3.82. The highest BCUT2D eigenvalue weighted by molar-refractivity contribution is 5.86. The van der Waals surface area contributed by atoms with E-state index in [2.05, 4.69) is 30.3 Å². The average Bonchev–Trinajstić information content (AvgIpc) is 3.28. The van der Waals surface area contributed by atoms with E-state index >= 15 is 0 Å². The number of hydrogen-bond donors (Lipinski definition) is 1. The molecule has 0 amide bonds. The molecule has 10 nitrogen and oxygen atoms in total. The van der Waals surface area contributed by atoms with E-state index in [0.717, 1.165) is 11.5 Å². The van der Waals surface area contributed by atoms with E-state index in [4.69, 9.17) is 15.0 Å². The fourth-order valence-electron chi connectivity index (χ4n) is 2.86. The minimum atomic E-state index is 0.131. The summed E-state index contributed by atoms with van der Waals surface area (Å²) in [5, 5.41) is 12.3. The molecule has 0 aromatic carbocycles. The smallest absolute Gasteiger partial charge is 0.222 e. The van der Waals surface area contributed by atoms with Gasteiger partial charge in [0, 0.05) is 18.5 Å². The molecular weight excluding hydrogens is 360 g/mol. The van der Waals surface area contributed by atoms with Crippen LogP contribution in [0.4, 0.5) is 11.8 Å². The Morgan fingerprint density at radius 2 is 2.18 bits per heavy atom. The first-order valence-corrected chi connectivity index (χ1v) is 8.54. The van der Waals surface area contributed by atoms with Gasteiger partial charge in [0.1, 0.15) is 35.0 Å². The SMILES string of the molecule is COc1cccnc1Cn1ccc2nc(N)nc(N=NCc3cc(C)on3)c21. The Balaban J connectivity index is 1.69. The molecule has 0 spiro atoms. The van der Waals surface area contributed by atoms with Gasteiger partial charge in [0.05, 0.1) is 19.2 Å². The van der Waals surface area contributed by atoms with Crippen molar-refractivity contribution in [3.8, 4) is 5.75 Å². The van der Waals surface area contributed by atoms with E-state index < -0.39 is 0 Å². The molecule has 4 aromatic heterocycles. The Kier molecular flexibility index (Phi) is 4.67. The van der Waals surface area contributed by atoms with Crippen molar-refractivity contribution >= 4 is 22.8 Å². The van der Waals surface area contributed by atoms with E-state index in [1.807, 2.05) is 35.9 Å².